The summed E-state index contributed by atoms with van der Waals surface area (Å²) < 4.78 is 22.4. The molecule has 3 rings (SSSR count). The summed E-state index contributed by atoms with van der Waals surface area (Å²) in [5, 5.41) is 8.70. The van der Waals surface area contributed by atoms with Crippen LogP contribution in [-0.2, 0) is 14.0 Å². The number of nitrogens with one attached hydrogen (secondary N) is 2. The fourth-order valence-electron chi connectivity index (χ4n) is 3.90. The normalized spacial score (nSPS) is 16.5. The van der Waals surface area contributed by atoms with Gasteiger partial charge in [-0.25, -0.2) is 0 Å². The minimum absolute atomic E-state index is 0.319. The van der Waals surface area contributed by atoms with Gasteiger partial charge in [-0.05, 0) is 68.6 Å². The van der Waals surface area contributed by atoms with Crippen molar-refractivity contribution in [3.05, 3.63) is 52.9 Å². The summed E-state index contributed by atoms with van der Waals surface area (Å²) in [5.74, 6) is 0.634. The van der Waals surface area contributed by atoms with Crippen molar-refractivity contribution in [3.63, 3.8) is 0 Å². The zero-order chi connectivity index (χ0) is 25.0. The molecule has 4 N–H and O–H groups in total. The zero-order valence-corrected chi connectivity index (χ0v) is 22.0. The Labute approximate surface area is 210 Å². The summed E-state index contributed by atoms with van der Waals surface area (Å²) in [6.45, 7) is 10.0. The van der Waals surface area contributed by atoms with Crippen LogP contribution in [0.4, 0.5) is 5.69 Å². The van der Waals surface area contributed by atoms with Crippen LogP contribution >= 0.6 is 8.38 Å². The standard InChI is InChI=1S/C26H39N4O4P/c1-20-18-25(26(28)22-19-21(9-10-23(22)27)34-35(3)31-2)29-24(20)8-6-15-33-17-13-30-11-4-5-14-32-16-7-12-30/h6,8-10,18-19,28-29H,4-5,7,11-17,27H2,1-3H3/b8-6-,28-26?. The lowest BCUT2D eigenvalue weighted by Gasteiger charge is -2.20. The summed E-state index contributed by atoms with van der Waals surface area (Å²) in [7, 11) is 0.595. The molecule has 2 heterocycles. The molecule has 1 aliphatic heterocycles. The first-order chi connectivity index (χ1) is 17.0. The fraction of sp³-hybridized carbons (Fsp3) is 0.500. The lowest BCUT2D eigenvalue weighted by atomic mass is 10.0. The summed E-state index contributed by atoms with van der Waals surface area (Å²) in [6, 6.07) is 7.30. The Morgan fingerprint density at radius 3 is 2.86 bits per heavy atom. The number of rotatable bonds is 11. The molecule has 0 spiro atoms. The van der Waals surface area contributed by atoms with Crippen LogP contribution in [0.3, 0.4) is 0 Å². The second kappa shape index (κ2) is 14.4. The predicted octanol–water partition coefficient (Wildman–Crippen LogP) is 4.82. The van der Waals surface area contributed by atoms with E-state index in [2.05, 4.69) is 9.88 Å². The number of nitrogen functional groups attached to an aromatic ring is 1. The fourth-order valence-corrected chi connectivity index (χ4v) is 4.38. The van der Waals surface area contributed by atoms with Crippen LogP contribution in [0.2, 0.25) is 0 Å². The molecule has 0 saturated carbocycles. The Morgan fingerprint density at radius 1 is 1.23 bits per heavy atom. The highest BCUT2D eigenvalue weighted by Gasteiger charge is 2.14. The van der Waals surface area contributed by atoms with E-state index >= 15 is 0 Å². The molecule has 1 aromatic carbocycles. The lowest BCUT2D eigenvalue weighted by molar-refractivity contribution is 0.115. The Morgan fingerprint density at radius 2 is 2.03 bits per heavy atom. The summed E-state index contributed by atoms with van der Waals surface area (Å²) in [5.41, 5.74) is 10.3. The average Bonchev–Trinajstić information content (AvgIpc) is 3.28. The van der Waals surface area contributed by atoms with Crippen molar-refractivity contribution in [2.75, 3.05) is 65.6 Å². The number of aryl methyl sites for hydroxylation is 1. The average molecular weight is 503 g/mol. The van der Waals surface area contributed by atoms with E-state index in [0.717, 1.165) is 56.9 Å². The Hall–Kier alpha value is -2.22. The van der Waals surface area contributed by atoms with Gasteiger partial charge in [-0.1, -0.05) is 6.08 Å². The molecule has 35 heavy (non-hydrogen) atoms. The third-order valence-electron chi connectivity index (χ3n) is 5.94. The first-order valence-electron chi connectivity index (χ1n) is 12.2. The minimum Gasteiger partial charge on any atom is -0.447 e. The smallest absolute Gasteiger partial charge is 0.226 e. The highest BCUT2D eigenvalue weighted by atomic mass is 31.2. The Balaban J connectivity index is 1.52. The molecule has 1 atom stereocenters. The second-order valence-corrected chi connectivity index (χ2v) is 10.0. The van der Waals surface area contributed by atoms with Gasteiger partial charge in [0.15, 0.2) is 0 Å². The van der Waals surface area contributed by atoms with Gasteiger partial charge in [0.05, 0.1) is 24.6 Å². The van der Waals surface area contributed by atoms with Gasteiger partial charge in [-0.15, -0.1) is 0 Å². The topological polar surface area (TPSA) is 106 Å². The van der Waals surface area contributed by atoms with E-state index in [4.69, 9.17) is 29.7 Å². The Kier molecular flexibility index (Phi) is 11.2. The highest BCUT2D eigenvalue weighted by Crippen LogP contribution is 2.35. The van der Waals surface area contributed by atoms with Crippen LogP contribution in [0.15, 0.2) is 30.3 Å². The van der Waals surface area contributed by atoms with Gasteiger partial charge in [0.1, 0.15) is 5.75 Å². The number of nitrogens with zero attached hydrogens (tertiary/aromatic N) is 1. The first kappa shape index (κ1) is 27.4. The van der Waals surface area contributed by atoms with Crippen molar-refractivity contribution >= 4 is 25.9 Å². The lowest BCUT2D eigenvalue weighted by Crippen LogP contribution is -2.30. The predicted molar refractivity (Wildman–Crippen MR) is 144 cm³/mol. The molecule has 1 fully saturated rings. The molecule has 0 aliphatic carbocycles. The second-order valence-electron chi connectivity index (χ2n) is 8.61. The van der Waals surface area contributed by atoms with E-state index < -0.39 is 8.38 Å². The SMILES string of the molecule is COP(C)Oc1ccc(N)c(C(=N)c2cc(C)c(/C=C\COCCN3CCCCOCCC3)[nH]2)c1. The molecule has 1 saturated heterocycles. The summed E-state index contributed by atoms with van der Waals surface area (Å²) >= 11 is 0. The maximum absolute atomic E-state index is 8.70. The van der Waals surface area contributed by atoms with Crippen molar-refractivity contribution in [1.29, 1.82) is 5.41 Å². The van der Waals surface area contributed by atoms with Gasteiger partial charge < -0.3 is 34.1 Å². The van der Waals surface area contributed by atoms with Gasteiger partial charge in [-0.2, -0.15) is 0 Å². The summed E-state index contributed by atoms with van der Waals surface area (Å²) in [6.07, 6.45) is 7.42. The van der Waals surface area contributed by atoms with E-state index in [1.54, 1.807) is 25.3 Å². The zero-order valence-electron chi connectivity index (χ0n) is 21.1. The number of nitrogens with two attached hydrogens (primary N) is 1. The number of benzene rings is 1. The van der Waals surface area contributed by atoms with Crippen molar-refractivity contribution < 1.29 is 18.5 Å². The molecule has 1 aromatic heterocycles. The quantitative estimate of drug-likeness (QED) is 0.176. The van der Waals surface area contributed by atoms with Crippen molar-refractivity contribution in [2.24, 2.45) is 0 Å². The molecule has 8 nitrogen and oxygen atoms in total. The number of hydrogen-bond acceptors (Lipinski definition) is 7. The largest absolute Gasteiger partial charge is 0.447 e. The van der Waals surface area contributed by atoms with Crippen LogP contribution in [0, 0.1) is 12.3 Å². The third-order valence-corrected chi connectivity index (χ3v) is 6.92. The molecule has 0 amide bonds. The van der Waals surface area contributed by atoms with Crippen LogP contribution < -0.4 is 10.3 Å². The number of anilines is 1. The number of aromatic amines is 1. The molecule has 192 valence electrons. The van der Waals surface area contributed by atoms with Crippen molar-refractivity contribution in [3.8, 4) is 5.75 Å². The number of ether oxygens (including phenoxy) is 2. The molecule has 0 radical (unpaired) electrons. The van der Waals surface area contributed by atoms with Crippen molar-refractivity contribution in [2.45, 2.75) is 26.2 Å². The van der Waals surface area contributed by atoms with Gasteiger partial charge in [0.2, 0.25) is 8.38 Å². The first-order valence-corrected chi connectivity index (χ1v) is 13.8. The maximum atomic E-state index is 8.70. The van der Waals surface area contributed by atoms with Crippen LogP contribution in [-0.4, -0.2) is 75.4 Å². The highest BCUT2D eigenvalue weighted by molar-refractivity contribution is 7.46. The Bertz CT molecular complexity index is 968. The van der Waals surface area contributed by atoms with E-state index in [1.165, 1.54) is 6.42 Å². The van der Waals surface area contributed by atoms with Gasteiger partial charge in [0.25, 0.3) is 0 Å². The molecule has 2 aromatic rings. The van der Waals surface area contributed by atoms with Crippen LogP contribution in [0.5, 0.6) is 5.75 Å². The number of hydrogen-bond donors (Lipinski definition) is 3. The van der Waals surface area contributed by atoms with Gasteiger partial charge >= 0.3 is 0 Å². The molecule has 1 unspecified atom stereocenters. The van der Waals surface area contributed by atoms with E-state index in [1.807, 2.05) is 31.8 Å². The summed E-state index contributed by atoms with van der Waals surface area (Å²) in [4.78, 5) is 5.80. The molecule has 1 aliphatic rings. The molecule has 0 bridgehead atoms. The molecule has 9 heteroatoms. The van der Waals surface area contributed by atoms with E-state index in [9.17, 15) is 0 Å². The maximum Gasteiger partial charge on any atom is 0.226 e. The molecular weight excluding hydrogens is 463 g/mol. The monoisotopic (exact) mass is 502 g/mol. The third kappa shape index (κ3) is 8.74. The van der Waals surface area contributed by atoms with Crippen molar-refractivity contribution in [1.82, 2.24) is 9.88 Å². The van der Waals surface area contributed by atoms with Crippen LogP contribution in [0.1, 0.15) is 41.8 Å². The number of H-pyrrole nitrogens is 1. The molecular formula is C26H39N4O4P. The minimum atomic E-state index is -1.02. The van der Waals surface area contributed by atoms with Crippen LogP contribution in [0.25, 0.3) is 6.08 Å². The van der Waals surface area contributed by atoms with E-state index in [0.29, 0.717) is 41.6 Å². The van der Waals surface area contributed by atoms with Gasteiger partial charge in [0, 0.05) is 57.0 Å². The van der Waals surface area contributed by atoms with E-state index in [-0.39, 0.29) is 0 Å². The van der Waals surface area contributed by atoms with Gasteiger partial charge in [-0.3, -0.25) is 5.41 Å². The number of aromatic nitrogens is 1.